The highest BCUT2D eigenvalue weighted by atomic mass is 16.3. The van der Waals surface area contributed by atoms with Crippen LogP contribution in [0.2, 0.25) is 0 Å². The summed E-state index contributed by atoms with van der Waals surface area (Å²) in [4.78, 5) is 15.6. The molecule has 0 aliphatic carbocycles. The van der Waals surface area contributed by atoms with Crippen LogP contribution in [0.1, 0.15) is 34.7 Å². The number of nitrogens with one attached hydrogen (secondary N) is 1. The second-order valence-electron chi connectivity index (χ2n) is 8.44. The molecule has 2 N–H and O–H groups in total. The molecule has 33 heavy (non-hydrogen) atoms. The fourth-order valence-electron chi connectivity index (χ4n) is 3.90. The zero-order valence-electron chi connectivity index (χ0n) is 19.8. The van der Waals surface area contributed by atoms with E-state index in [4.69, 9.17) is 0 Å². The first-order chi connectivity index (χ1) is 15.9. The lowest BCUT2D eigenvalue weighted by molar-refractivity contribution is -0.136. The summed E-state index contributed by atoms with van der Waals surface area (Å²) in [7, 11) is 0. The van der Waals surface area contributed by atoms with Gasteiger partial charge in [0, 0.05) is 19.6 Å². The van der Waals surface area contributed by atoms with Crippen LogP contribution in [0, 0.1) is 13.8 Å². The highest BCUT2D eigenvalue weighted by Gasteiger charge is 2.39. The average molecular weight is 443 g/mol. The minimum Gasteiger partial charge on any atom is -0.372 e. The van der Waals surface area contributed by atoms with Crippen molar-refractivity contribution in [1.29, 1.82) is 0 Å². The Hall–Kier alpha value is -3.21. The van der Waals surface area contributed by atoms with Gasteiger partial charge in [-0.05, 0) is 37.1 Å². The highest BCUT2D eigenvalue weighted by Crippen LogP contribution is 2.31. The monoisotopic (exact) mass is 442 g/mol. The van der Waals surface area contributed by atoms with E-state index >= 15 is 0 Å². The summed E-state index contributed by atoms with van der Waals surface area (Å²) in [6.45, 7) is 9.01. The zero-order chi connectivity index (χ0) is 23.7. The van der Waals surface area contributed by atoms with E-state index in [0.29, 0.717) is 17.7 Å². The van der Waals surface area contributed by atoms with E-state index in [-0.39, 0.29) is 0 Å². The quantitative estimate of drug-likeness (QED) is 0.446. The molecular weight excluding hydrogens is 408 g/mol. The largest absolute Gasteiger partial charge is 0.372 e. The Kier molecular flexibility index (Phi) is 8.58. The molecule has 3 rings (SSSR count). The fraction of sp³-hybridized carbons (Fsp3) is 0.276. The molecule has 0 heterocycles. The molecule has 0 bridgehead atoms. The fourth-order valence-corrected chi connectivity index (χ4v) is 3.90. The first-order valence-corrected chi connectivity index (χ1v) is 11.5. The molecule has 172 valence electrons. The van der Waals surface area contributed by atoms with Gasteiger partial charge in [0.15, 0.2) is 5.60 Å². The molecule has 3 aromatic rings. The Morgan fingerprint density at radius 1 is 0.909 bits per heavy atom. The minimum absolute atomic E-state index is 0.349. The number of aryl methyl sites for hydroxylation is 2. The summed E-state index contributed by atoms with van der Waals surface area (Å²) in [6, 6.07) is 25.4. The van der Waals surface area contributed by atoms with Crippen LogP contribution < -0.4 is 5.32 Å². The Morgan fingerprint density at radius 2 is 1.52 bits per heavy atom. The molecule has 1 amide bonds. The van der Waals surface area contributed by atoms with Crippen molar-refractivity contribution in [1.82, 2.24) is 10.2 Å². The van der Waals surface area contributed by atoms with Crippen molar-refractivity contribution in [3.8, 4) is 0 Å². The third-order valence-corrected chi connectivity index (χ3v) is 5.81. The number of hydrogen-bond acceptors (Lipinski definition) is 3. The van der Waals surface area contributed by atoms with Gasteiger partial charge in [-0.3, -0.25) is 9.69 Å². The molecule has 3 aromatic carbocycles. The second-order valence-corrected chi connectivity index (χ2v) is 8.44. The summed E-state index contributed by atoms with van der Waals surface area (Å²) in [5.41, 5.74) is 2.63. The van der Waals surface area contributed by atoms with Gasteiger partial charge >= 0.3 is 0 Å². The number of benzene rings is 3. The van der Waals surface area contributed by atoms with Gasteiger partial charge < -0.3 is 10.4 Å². The summed E-state index contributed by atoms with van der Waals surface area (Å²) in [6.07, 6.45) is 4.00. The lowest BCUT2D eigenvalue weighted by Gasteiger charge is -2.28. The normalized spacial score (nSPS) is 11.8. The maximum absolute atomic E-state index is 13.3. The van der Waals surface area contributed by atoms with Crippen LogP contribution in [0.15, 0.2) is 91.0 Å². The molecule has 0 radical (unpaired) electrons. The maximum atomic E-state index is 13.3. The van der Waals surface area contributed by atoms with Gasteiger partial charge in [0.05, 0.1) is 0 Å². The predicted molar refractivity (Wildman–Crippen MR) is 135 cm³/mol. The van der Waals surface area contributed by atoms with Crippen LogP contribution in [0.5, 0.6) is 0 Å². The van der Waals surface area contributed by atoms with Crippen molar-refractivity contribution in [2.75, 3.05) is 19.6 Å². The number of carbonyl (C=O) groups excluding carboxylic acids is 1. The van der Waals surface area contributed by atoms with Gasteiger partial charge in [-0.25, -0.2) is 0 Å². The van der Waals surface area contributed by atoms with Gasteiger partial charge in [-0.2, -0.15) is 0 Å². The molecule has 4 nitrogen and oxygen atoms in total. The van der Waals surface area contributed by atoms with E-state index < -0.39 is 11.5 Å². The molecule has 0 fully saturated rings. The number of nitrogens with zero attached hydrogens (tertiary/aromatic N) is 1. The number of carbonyl (C=O) groups is 1. The molecule has 0 unspecified atom stereocenters. The van der Waals surface area contributed by atoms with E-state index in [9.17, 15) is 9.90 Å². The Balaban J connectivity index is 1.67. The van der Waals surface area contributed by atoms with Crippen molar-refractivity contribution < 1.29 is 9.90 Å². The second kappa shape index (κ2) is 11.6. The topological polar surface area (TPSA) is 52.6 Å². The lowest BCUT2D eigenvalue weighted by atomic mass is 9.84. The Bertz CT molecular complexity index is 1030. The molecule has 0 aromatic heterocycles. The summed E-state index contributed by atoms with van der Waals surface area (Å²) in [5, 5.41) is 14.6. The van der Waals surface area contributed by atoms with Gasteiger partial charge in [-0.15, -0.1) is 0 Å². The van der Waals surface area contributed by atoms with E-state index in [1.807, 2.05) is 62.4 Å². The van der Waals surface area contributed by atoms with Crippen LogP contribution >= 0.6 is 0 Å². The molecule has 0 spiro atoms. The van der Waals surface area contributed by atoms with Crippen LogP contribution in [-0.4, -0.2) is 35.5 Å². The van der Waals surface area contributed by atoms with Crippen LogP contribution in [0.25, 0.3) is 0 Å². The number of likely N-dealkylation sites (N-methyl/N-ethyl adjacent to an activating group) is 1. The van der Waals surface area contributed by atoms with Gasteiger partial charge in [-0.1, -0.05) is 109 Å². The summed E-state index contributed by atoms with van der Waals surface area (Å²) >= 11 is 0. The van der Waals surface area contributed by atoms with E-state index in [2.05, 4.69) is 47.5 Å². The predicted octanol–water partition coefficient (Wildman–Crippen LogP) is 4.73. The van der Waals surface area contributed by atoms with Gasteiger partial charge in [0.2, 0.25) is 0 Å². The molecule has 0 aliphatic rings. The smallest absolute Gasteiger partial charge is 0.261 e. The third kappa shape index (κ3) is 6.41. The number of rotatable bonds is 10. The molecule has 4 heteroatoms. The van der Waals surface area contributed by atoms with E-state index in [1.54, 1.807) is 12.1 Å². The van der Waals surface area contributed by atoms with Crippen molar-refractivity contribution in [2.24, 2.45) is 0 Å². The van der Waals surface area contributed by atoms with E-state index in [1.165, 1.54) is 5.56 Å². The molecule has 0 saturated heterocycles. The van der Waals surface area contributed by atoms with Crippen LogP contribution in [0.4, 0.5) is 0 Å². The highest BCUT2D eigenvalue weighted by molar-refractivity contribution is 5.90. The van der Waals surface area contributed by atoms with Gasteiger partial charge in [0.1, 0.15) is 0 Å². The summed E-state index contributed by atoms with van der Waals surface area (Å²) in [5.74, 6) is -0.431. The first kappa shape index (κ1) is 24.4. The number of hydrogen-bond donors (Lipinski definition) is 2. The molecule has 0 aliphatic heterocycles. The van der Waals surface area contributed by atoms with Crippen LogP contribution in [0.3, 0.4) is 0 Å². The third-order valence-electron chi connectivity index (χ3n) is 5.81. The maximum Gasteiger partial charge on any atom is 0.261 e. The van der Waals surface area contributed by atoms with Crippen molar-refractivity contribution in [2.45, 2.75) is 32.9 Å². The minimum atomic E-state index is -1.76. The zero-order valence-corrected chi connectivity index (χ0v) is 19.8. The Labute approximate surface area is 197 Å². The summed E-state index contributed by atoms with van der Waals surface area (Å²) < 4.78 is 0. The van der Waals surface area contributed by atoms with Crippen molar-refractivity contribution in [3.63, 3.8) is 0 Å². The number of amides is 1. The lowest BCUT2D eigenvalue weighted by Crippen LogP contribution is -2.45. The van der Waals surface area contributed by atoms with Crippen LogP contribution in [-0.2, 0) is 16.9 Å². The Morgan fingerprint density at radius 3 is 2.06 bits per heavy atom. The SMILES string of the molecule is CCN(C/C=C/CNC(=O)C(O)(c1cccc(C)c1)c1cccc(C)c1)Cc1ccccc1. The first-order valence-electron chi connectivity index (χ1n) is 11.5. The van der Waals surface area contributed by atoms with Gasteiger partial charge in [0.25, 0.3) is 5.91 Å². The van der Waals surface area contributed by atoms with Crippen molar-refractivity contribution >= 4 is 5.91 Å². The standard InChI is InChI=1S/C29H34N2O2/c1-4-31(22-25-14-6-5-7-15-25)19-9-8-18-30-28(32)29(33,26-16-10-12-23(2)20-26)27-17-11-13-24(3)21-27/h5-17,20-21,33H,4,18-19,22H2,1-3H3,(H,30,32)/b9-8+. The molecule has 0 atom stereocenters. The number of aliphatic hydroxyl groups is 1. The van der Waals surface area contributed by atoms with Crippen molar-refractivity contribution in [3.05, 3.63) is 119 Å². The average Bonchev–Trinajstić information content (AvgIpc) is 2.83. The molecule has 0 saturated carbocycles. The molecular formula is C29H34N2O2. The van der Waals surface area contributed by atoms with E-state index in [0.717, 1.165) is 30.8 Å².